The first kappa shape index (κ1) is 14.2. The van der Waals surface area contributed by atoms with Gasteiger partial charge in [-0.1, -0.05) is 0 Å². The van der Waals surface area contributed by atoms with Crippen LogP contribution >= 0.6 is 0 Å². The number of hydrogen-bond donors (Lipinski definition) is 2. The van der Waals surface area contributed by atoms with Crippen LogP contribution in [0.1, 0.15) is 30.3 Å². The van der Waals surface area contributed by atoms with Gasteiger partial charge in [-0.3, -0.25) is 0 Å². The molecule has 1 aromatic rings. The Kier molecular flexibility index (Phi) is 4.49. The molecule has 2 atom stereocenters. The minimum absolute atomic E-state index is 0.0197. The van der Waals surface area contributed by atoms with Gasteiger partial charge in [0.05, 0.1) is 14.2 Å². The van der Waals surface area contributed by atoms with E-state index in [4.69, 9.17) is 14.6 Å². The Bertz CT molecular complexity index is 444. The van der Waals surface area contributed by atoms with Gasteiger partial charge in [-0.15, -0.1) is 0 Å². The summed E-state index contributed by atoms with van der Waals surface area (Å²) in [5.74, 6) is -1.15. The zero-order valence-corrected chi connectivity index (χ0v) is 10.3. The number of carboxylic acids is 1. The second-order valence-corrected chi connectivity index (χ2v) is 3.69. The third-order valence-electron chi connectivity index (χ3n) is 2.54. The van der Waals surface area contributed by atoms with E-state index in [1.54, 1.807) is 0 Å². The van der Waals surface area contributed by atoms with Gasteiger partial charge in [0.1, 0.15) is 17.7 Å². The molecule has 2 unspecified atom stereocenters. The molecule has 0 radical (unpaired) electrons. The fourth-order valence-corrected chi connectivity index (χ4v) is 1.60. The second kappa shape index (κ2) is 5.68. The topological polar surface area (TPSA) is 76.0 Å². The number of hydrogen-bond acceptors (Lipinski definition) is 4. The van der Waals surface area contributed by atoms with E-state index < -0.39 is 18.2 Å². The molecule has 0 saturated heterocycles. The van der Waals surface area contributed by atoms with Crippen LogP contribution in [0.25, 0.3) is 0 Å². The van der Waals surface area contributed by atoms with E-state index in [0.29, 0.717) is 0 Å². The molecular formula is C12H15FO5. The zero-order valence-electron chi connectivity index (χ0n) is 10.3. The Morgan fingerprint density at radius 3 is 2.06 bits per heavy atom. The number of methoxy groups -OCH3 is 2. The number of rotatable bonds is 5. The molecule has 0 spiro atoms. The van der Waals surface area contributed by atoms with Crippen molar-refractivity contribution in [2.45, 2.75) is 19.2 Å². The molecule has 100 valence electrons. The van der Waals surface area contributed by atoms with Crippen molar-refractivity contribution in [1.82, 2.24) is 0 Å². The third kappa shape index (κ3) is 2.70. The molecule has 0 aromatic heterocycles. The SMILES string of the molecule is COc1cc(C(O)C(=O)O)c(OC)cc1C(C)F. The third-order valence-corrected chi connectivity index (χ3v) is 2.54. The molecule has 1 rings (SSSR count). The first-order chi connectivity index (χ1) is 8.42. The molecular weight excluding hydrogens is 243 g/mol. The lowest BCUT2D eigenvalue weighted by molar-refractivity contribution is -0.147. The molecule has 0 fully saturated rings. The molecule has 6 heteroatoms. The second-order valence-electron chi connectivity index (χ2n) is 3.69. The highest BCUT2D eigenvalue weighted by Gasteiger charge is 2.24. The van der Waals surface area contributed by atoms with Crippen molar-refractivity contribution in [1.29, 1.82) is 0 Å². The van der Waals surface area contributed by atoms with Crippen molar-refractivity contribution in [2.75, 3.05) is 14.2 Å². The van der Waals surface area contributed by atoms with Gasteiger partial charge in [-0.2, -0.15) is 0 Å². The maximum atomic E-state index is 13.4. The number of aliphatic hydroxyl groups is 1. The Labute approximate surface area is 104 Å². The number of carbonyl (C=O) groups is 1. The van der Waals surface area contributed by atoms with E-state index in [1.807, 2.05) is 0 Å². The highest BCUT2D eigenvalue weighted by Crippen LogP contribution is 2.36. The first-order valence-electron chi connectivity index (χ1n) is 5.23. The summed E-state index contributed by atoms with van der Waals surface area (Å²) in [4.78, 5) is 10.8. The van der Waals surface area contributed by atoms with Gasteiger partial charge >= 0.3 is 5.97 Å². The van der Waals surface area contributed by atoms with Crippen LogP contribution in [0.2, 0.25) is 0 Å². The van der Waals surface area contributed by atoms with Crippen LogP contribution in [0.3, 0.4) is 0 Å². The van der Waals surface area contributed by atoms with E-state index in [1.165, 1.54) is 33.3 Å². The number of halogens is 1. The predicted molar refractivity (Wildman–Crippen MR) is 61.7 cm³/mol. The molecule has 0 bridgehead atoms. The Hall–Kier alpha value is -1.82. The van der Waals surface area contributed by atoms with Crippen molar-refractivity contribution >= 4 is 5.97 Å². The zero-order chi connectivity index (χ0) is 13.9. The van der Waals surface area contributed by atoms with E-state index in [2.05, 4.69) is 0 Å². The Morgan fingerprint density at radius 1 is 1.22 bits per heavy atom. The Balaban J connectivity index is 3.39. The number of alkyl halides is 1. The summed E-state index contributed by atoms with van der Waals surface area (Å²) in [5, 5.41) is 18.3. The minimum Gasteiger partial charge on any atom is -0.496 e. The Morgan fingerprint density at radius 2 is 1.67 bits per heavy atom. The lowest BCUT2D eigenvalue weighted by Crippen LogP contribution is -2.12. The van der Waals surface area contributed by atoms with Crippen molar-refractivity contribution in [3.63, 3.8) is 0 Å². The van der Waals surface area contributed by atoms with Gasteiger partial charge in [-0.25, -0.2) is 9.18 Å². The summed E-state index contributed by atoms with van der Waals surface area (Å²) in [6.07, 6.45) is -3.05. The van der Waals surface area contributed by atoms with Crippen molar-refractivity contribution < 1.29 is 28.9 Å². The molecule has 0 aliphatic heterocycles. The highest BCUT2D eigenvalue weighted by atomic mass is 19.1. The van der Waals surface area contributed by atoms with Gasteiger partial charge in [0.15, 0.2) is 6.10 Å². The number of carboxylic acid groups (broad SMARTS) is 1. The van der Waals surface area contributed by atoms with Gasteiger partial charge in [-0.05, 0) is 19.1 Å². The molecule has 2 N–H and O–H groups in total. The molecule has 0 amide bonds. The van der Waals surface area contributed by atoms with Gasteiger partial charge in [0, 0.05) is 11.1 Å². The average molecular weight is 258 g/mol. The quantitative estimate of drug-likeness (QED) is 0.843. The number of aliphatic carboxylic acids is 1. The normalized spacial score (nSPS) is 13.8. The standard InChI is InChI=1S/C12H15FO5/c1-6(13)7-4-10(18-3)8(5-9(7)17-2)11(14)12(15)16/h4-6,11,14H,1-3H3,(H,15,16). The molecule has 0 aliphatic carbocycles. The number of ether oxygens (including phenoxy) is 2. The first-order valence-corrected chi connectivity index (χ1v) is 5.23. The lowest BCUT2D eigenvalue weighted by Gasteiger charge is -2.17. The van der Waals surface area contributed by atoms with Crippen LogP contribution < -0.4 is 9.47 Å². The maximum Gasteiger partial charge on any atom is 0.337 e. The summed E-state index contributed by atoms with van der Waals surface area (Å²) >= 11 is 0. The summed E-state index contributed by atoms with van der Waals surface area (Å²) < 4.78 is 23.3. The molecule has 0 aliphatic rings. The minimum atomic E-state index is -1.75. The van der Waals surface area contributed by atoms with Crippen molar-refractivity contribution in [2.24, 2.45) is 0 Å². The van der Waals surface area contributed by atoms with Gasteiger partial charge in [0.25, 0.3) is 0 Å². The molecule has 0 saturated carbocycles. The smallest absolute Gasteiger partial charge is 0.337 e. The largest absolute Gasteiger partial charge is 0.496 e. The van der Waals surface area contributed by atoms with E-state index >= 15 is 0 Å². The monoisotopic (exact) mass is 258 g/mol. The van der Waals surface area contributed by atoms with Gasteiger partial charge < -0.3 is 19.7 Å². The van der Waals surface area contributed by atoms with E-state index in [-0.39, 0.29) is 22.6 Å². The molecule has 1 aromatic carbocycles. The predicted octanol–water partition coefficient (Wildman–Crippen LogP) is 1.85. The fourth-order valence-electron chi connectivity index (χ4n) is 1.60. The van der Waals surface area contributed by atoms with Crippen LogP contribution in [-0.4, -0.2) is 30.4 Å². The van der Waals surface area contributed by atoms with E-state index in [0.717, 1.165) is 0 Å². The fraction of sp³-hybridized carbons (Fsp3) is 0.417. The van der Waals surface area contributed by atoms with Crippen LogP contribution in [0.4, 0.5) is 4.39 Å². The number of benzene rings is 1. The summed E-state index contributed by atoms with van der Waals surface area (Å²) in [6, 6.07) is 2.59. The van der Waals surface area contributed by atoms with E-state index in [9.17, 15) is 14.3 Å². The van der Waals surface area contributed by atoms with Crippen LogP contribution in [0.5, 0.6) is 11.5 Å². The summed E-state index contributed by atoms with van der Waals surface area (Å²) in [6.45, 7) is 1.32. The van der Waals surface area contributed by atoms with Crippen LogP contribution in [0, 0.1) is 0 Å². The number of aliphatic hydroxyl groups excluding tert-OH is 1. The highest BCUT2D eigenvalue weighted by molar-refractivity contribution is 5.75. The van der Waals surface area contributed by atoms with Crippen molar-refractivity contribution in [3.8, 4) is 11.5 Å². The van der Waals surface area contributed by atoms with Crippen LogP contribution in [-0.2, 0) is 4.79 Å². The van der Waals surface area contributed by atoms with Crippen LogP contribution in [0.15, 0.2) is 12.1 Å². The average Bonchev–Trinajstić information content (AvgIpc) is 2.35. The maximum absolute atomic E-state index is 13.4. The van der Waals surface area contributed by atoms with Gasteiger partial charge in [0.2, 0.25) is 0 Å². The molecule has 0 heterocycles. The summed E-state index contributed by atoms with van der Waals surface area (Å²) in [5.41, 5.74) is 0.252. The van der Waals surface area contributed by atoms with Crippen molar-refractivity contribution in [3.05, 3.63) is 23.3 Å². The molecule has 18 heavy (non-hydrogen) atoms. The summed E-state index contributed by atoms with van der Waals surface area (Å²) in [7, 11) is 2.65. The molecule has 5 nitrogen and oxygen atoms in total. The lowest BCUT2D eigenvalue weighted by atomic mass is 10.0.